The molecule has 168 valence electrons. The van der Waals surface area contributed by atoms with Gasteiger partial charge in [-0.25, -0.2) is 0 Å². The van der Waals surface area contributed by atoms with Gasteiger partial charge in [0.25, 0.3) is 11.4 Å². The molecule has 0 atom stereocenters. The monoisotopic (exact) mass is 440 g/mol. The van der Waals surface area contributed by atoms with Gasteiger partial charge in [0.1, 0.15) is 0 Å². The first-order chi connectivity index (χ1) is 15.2. The van der Waals surface area contributed by atoms with E-state index in [0.29, 0.717) is 48.2 Å². The van der Waals surface area contributed by atoms with Crippen molar-refractivity contribution in [3.8, 4) is 0 Å². The highest BCUT2D eigenvalue weighted by atomic mass is 16.6. The van der Waals surface area contributed by atoms with Crippen LogP contribution in [0.2, 0.25) is 0 Å². The number of amides is 2. The molecule has 0 bridgehead atoms. The average molecular weight is 440 g/mol. The molecule has 0 aliphatic heterocycles. The van der Waals surface area contributed by atoms with E-state index in [4.69, 9.17) is 0 Å². The Morgan fingerprint density at radius 1 is 0.750 bits per heavy atom. The van der Waals surface area contributed by atoms with Crippen LogP contribution in [0.3, 0.4) is 0 Å². The number of nitro benzene ring substituents is 2. The van der Waals surface area contributed by atoms with Crippen LogP contribution in [0.25, 0.3) is 0 Å². The highest BCUT2D eigenvalue weighted by Gasteiger charge is 2.31. The van der Waals surface area contributed by atoms with Gasteiger partial charge in [-0.05, 0) is 51.7 Å². The molecule has 1 aliphatic carbocycles. The summed E-state index contributed by atoms with van der Waals surface area (Å²) in [5, 5.41) is 27.7. The molecule has 0 radical (unpaired) electrons. The van der Waals surface area contributed by atoms with Crippen LogP contribution in [-0.4, -0.2) is 21.7 Å². The summed E-state index contributed by atoms with van der Waals surface area (Å²) in [4.78, 5) is 46.5. The van der Waals surface area contributed by atoms with Crippen molar-refractivity contribution in [1.29, 1.82) is 0 Å². The highest BCUT2D eigenvalue weighted by Crippen LogP contribution is 2.33. The third-order valence-electron chi connectivity index (χ3n) is 5.99. The van der Waals surface area contributed by atoms with Crippen LogP contribution in [0, 0.1) is 45.9 Å². The van der Waals surface area contributed by atoms with Gasteiger partial charge in [-0.3, -0.25) is 29.8 Å². The zero-order chi connectivity index (χ0) is 23.4. The zero-order valence-electron chi connectivity index (χ0n) is 17.8. The van der Waals surface area contributed by atoms with Crippen molar-refractivity contribution in [2.45, 2.75) is 39.5 Å². The number of nitro groups is 2. The van der Waals surface area contributed by atoms with E-state index in [9.17, 15) is 29.8 Å². The van der Waals surface area contributed by atoms with Crippen molar-refractivity contribution in [2.24, 2.45) is 11.8 Å². The van der Waals surface area contributed by atoms with Gasteiger partial charge in [0.05, 0.1) is 32.3 Å². The minimum atomic E-state index is -0.488. The maximum absolute atomic E-state index is 12.7. The van der Waals surface area contributed by atoms with E-state index in [2.05, 4.69) is 10.6 Å². The van der Waals surface area contributed by atoms with Crippen LogP contribution in [-0.2, 0) is 9.59 Å². The third kappa shape index (κ3) is 4.90. The molecule has 1 fully saturated rings. The lowest BCUT2D eigenvalue weighted by Gasteiger charge is -2.27. The molecule has 0 unspecified atom stereocenters. The molecule has 32 heavy (non-hydrogen) atoms. The summed E-state index contributed by atoms with van der Waals surface area (Å²) in [5.41, 5.74) is 1.49. The molecular formula is C22H24N4O6. The topological polar surface area (TPSA) is 144 Å². The molecule has 0 saturated heterocycles. The molecule has 3 rings (SSSR count). The van der Waals surface area contributed by atoms with Crippen molar-refractivity contribution >= 4 is 34.6 Å². The molecule has 1 saturated carbocycles. The van der Waals surface area contributed by atoms with E-state index >= 15 is 0 Å². The Bertz CT molecular complexity index is 991. The Morgan fingerprint density at radius 2 is 1.09 bits per heavy atom. The van der Waals surface area contributed by atoms with Crippen LogP contribution in [0.15, 0.2) is 36.4 Å². The van der Waals surface area contributed by atoms with E-state index in [1.165, 1.54) is 24.3 Å². The maximum atomic E-state index is 12.7. The summed E-state index contributed by atoms with van der Waals surface area (Å²) in [5.74, 6) is -1.03. The Kier molecular flexibility index (Phi) is 6.82. The van der Waals surface area contributed by atoms with Crippen LogP contribution in [0.4, 0.5) is 22.7 Å². The SMILES string of the molecule is Cc1c(NC(=O)C2CCC(C(=O)Nc3cccc([N+](=O)[O-])c3C)CC2)cccc1[N+](=O)[O-]. The predicted molar refractivity (Wildman–Crippen MR) is 118 cm³/mol. The maximum Gasteiger partial charge on any atom is 0.274 e. The fourth-order valence-corrected chi connectivity index (χ4v) is 4.00. The molecule has 0 spiro atoms. The van der Waals surface area contributed by atoms with Crippen molar-refractivity contribution < 1.29 is 19.4 Å². The first-order valence-electron chi connectivity index (χ1n) is 10.3. The lowest BCUT2D eigenvalue weighted by molar-refractivity contribution is -0.385. The summed E-state index contributed by atoms with van der Waals surface area (Å²) < 4.78 is 0. The van der Waals surface area contributed by atoms with Crippen LogP contribution in [0.1, 0.15) is 36.8 Å². The number of carbonyl (C=O) groups excluding carboxylic acids is 2. The van der Waals surface area contributed by atoms with Crippen molar-refractivity contribution in [2.75, 3.05) is 10.6 Å². The van der Waals surface area contributed by atoms with Gasteiger partial charge in [-0.15, -0.1) is 0 Å². The van der Waals surface area contributed by atoms with Gasteiger partial charge in [0.2, 0.25) is 11.8 Å². The van der Waals surface area contributed by atoms with Gasteiger partial charge < -0.3 is 10.6 Å². The predicted octanol–water partition coefficient (Wildman–Crippen LogP) is 4.50. The van der Waals surface area contributed by atoms with Crippen molar-refractivity contribution in [3.63, 3.8) is 0 Å². The van der Waals surface area contributed by atoms with E-state index in [-0.39, 0.29) is 35.0 Å². The lowest BCUT2D eigenvalue weighted by Crippen LogP contribution is -2.32. The summed E-state index contributed by atoms with van der Waals surface area (Å²) in [6.45, 7) is 3.18. The van der Waals surface area contributed by atoms with E-state index < -0.39 is 9.85 Å². The fraction of sp³-hybridized carbons (Fsp3) is 0.364. The number of nitrogens with zero attached hydrogens (tertiary/aromatic N) is 2. The molecular weight excluding hydrogens is 416 g/mol. The summed E-state index contributed by atoms with van der Waals surface area (Å²) in [6, 6.07) is 9.08. The summed E-state index contributed by atoms with van der Waals surface area (Å²) in [7, 11) is 0. The van der Waals surface area contributed by atoms with Crippen molar-refractivity contribution in [1.82, 2.24) is 0 Å². The molecule has 2 aromatic carbocycles. The Labute approximate surface area is 184 Å². The molecule has 10 heteroatoms. The largest absolute Gasteiger partial charge is 0.325 e. The quantitative estimate of drug-likeness (QED) is 0.500. The number of rotatable bonds is 6. The lowest BCUT2D eigenvalue weighted by atomic mass is 9.81. The Balaban J connectivity index is 1.58. The Hall–Kier alpha value is -3.82. The number of carbonyl (C=O) groups is 2. The van der Waals surface area contributed by atoms with Gasteiger partial charge in [-0.1, -0.05) is 12.1 Å². The van der Waals surface area contributed by atoms with Gasteiger partial charge in [-0.2, -0.15) is 0 Å². The van der Waals surface area contributed by atoms with E-state index in [1.807, 2.05) is 0 Å². The number of benzene rings is 2. The smallest absolute Gasteiger partial charge is 0.274 e. The molecule has 2 aromatic rings. The third-order valence-corrected chi connectivity index (χ3v) is 5.99. The minimum Gasteiger partial charge on any atom is -0.325 e. The number of nitrogens with one attached hydrogen (secondary N) is 2. The summed E-state index contributed by atoms with van der Waals surface area (Å²) in [6.07, 6.45) is 2.02. The second-order valence-electron chi connectivity index (χ2n) is 7.94. The number of hydrogen-bond acceptors (Lipinski definition) is 6. The van der Waals surface area contributed by atoms with Crippen LogP contribution < -0.4 is 10.6 Å². The second-order valence-corrected chi connectivity index (χ2v) is 7.94. The minimum absolute atomic E-state index is 0.0559. The first kappa shape index (κ1) is 22.9. The van der Waals surface area contributed by atoms with Gasteiger partial charge in [0, 0.05) is 24.0 Å². The first-order valence-corrected chi connectivity index (χ1v) is 10.3. The fourth-order valence-electron chi connectivity index (χ4n) is 4.00. The van der Waals surface area contributed by atoms with E-state index in [1.54, 1.807) is 26.0 Å². The normalized spacial score (nSPS) is 17.9. The molecule has 1 aliphatic rings. The Morgan fingerprint density at radius 3 is 1.41 bits per heavy atom. The number of anilines is 2. The van der Waals surface area contributed by atoms with Crippen molar-refractivity contribution in [3.05, 3.63) is 67.8 Å². The number of hydrogen-bond donors (Lipinski definition) is 2. The highest BCUT2D eigenvalue weighted by molar-refractivity contribution is 5.95. The van der Waals surface area contributed by atoms with Gasteiger partial charge >= 0.3 is 0 Å². The molecule has 10 nitrogen and oxygen atoms in total. The van der Waals surface area contributed by atoms with Crippen LogP contribution >= 0.6 is 0 Å². The molecule has 2 N–H and O–H groups in total. The zero-order valence-corrected chi connectivity index (χ0v) is 17.8. The molecule has 2 amide bonds. The summed E-state index contributed by atoms with van der Waals surface area (Å²) >= 11 is 0. The standard InChI is InChI=1S/C22H24N4O6/c1-13-17(5-3-7-19(13)25(29)30)23-21(27)15-9-11-16(12-10-15)22(28)24-18-6-4-8-20(14(18)2)26(31)32/h3-8,15-16H,9-12H2,1-2H3,(H,23,27)(H,24,28). The molecule has 0 heterocycles. The second kappa shape index (κ2) is 9.54. The van der Waals surface area contributed by atoms with Gasteiger partial charge in [0.15, 0.2) is 0 Å². The van der Waals surface area contributed by atoms with Crippen LogP contribution in [0.5, 0.6) is 0 Å². The average Bonchev–Trinajstić information content (AvgIpc) is 2.76. The van der Waals surface area contributed by atoms with E-state index in [0.717, 1.165) is 0 Å². The molecule has 0 aromatic heterocycles.